The highest BCUT2D eigenvalue weighted by Gasteiger charge is 2.08. The van der Waals surface area contributed by atoms with Gasteiger partial charge in [0.25, 0.3) is 5.91 Å². The molecule has 2 aromatic carbocycles. The fraction of sp³-hybridized carbons (Fsp3) is 0.0667. The number of rotatable bonds is 4. The van der Waals surface area contributed by atoms with Gasteiger partial charge in [-0.2, -0.15) is 5.26 Å². The minimum Gasteiger partial charge on any atom is -0.484 e. The highest BCUT2D eigenvalue weighted by atomic mass is 35.5. The van der Waals surface area contributed by atoms with Gasteiger partial charge in [-0.05, 0) is 24.3 Å². The zero-order valence-electron chi connectivity index (χ0n) is 10.8. The van der Waals surface area contributed by atoms with E-state index in [0.717, 1.165) is 6.07 Å². The first-order chi connectivity index (χ1) is 10.1. The average molecular weight is 305 g/mol. The molecule has 0 heterocycles. The van der Waals surface area contributed by atoms with Gasteiger partial charge in [0.05, 0.1) is 16.3 Å². The Morgan fingerprint density at radius 2 is 2.10 bits per heavy atom. The maximum Gasteiger partial charge on any atom is 0.262 e. The van der Waals surface area contributed by atoms with Crippen molar-refractivity contribution in [1.82, 2.24) is 0 Å². The number of amides is 1. The molecule has 0 fully saturated rings. The van der Waals surface area contributed by atoms with Crippen LogP contribution in [0.25, 0.3) is 0 Å². The summed E-state index contributed by atoms with van der Waals surface area (Å²) >= 11 is 5.90. The van der Waals surface area contributed by atoms with Crippen molar-refractivity contribution in [1.29, 1.82) is 5.26 Å². The monoisotopic (exact) mass is 304 g/mol. The molecule has 1 N–H and O–H groups in total. The number of carbonyl (C=O) groups is 1. The van der Waals surface area contributed by atoms with Crippen molar-refractivity contribution < 1.29 is 13.9 Å². The Morgan fingerprint density at radius 3 is 2.76 bits per heavy atom. The molecule has 0 saturated carbocycles. The molecule has 4 nitrogen and oxygen atoms in total. The lowest BCUT2D eigenvalue weighted by Gasteiger charge is -2.08. The Labute approximate surface area is 125 Å². The number of carbonyl (C=O) groups excluding carboxylic acids is 1. The van der Waals surface area contributed by atoms with Gasteiger partial charge in [-0.15, -0.1) is 0 Å². The molecule has 2 aromatic rings. The van der Waals surface area contributed by atoms with Crippen molar-refractivity contribution in [3.8, 4) is 11.8 Å². The minimum absolute atomic E-state index is 0.0807. The highest BCUT2D eigenvalue weighted by molar-refractivity contribution is 6.33. The van der Waals surface area contributed by atoms with Gasteiger partial charge >= 0.3 is 0 Å². The van der Waals surface area contributed by atoms with Crippen LogP contribution in [0.1, 0.15) is 5.56 Å². The van der Waals surface area contributed by atoms with E-state index in [4.69, 9.17) is 21.6 Å². The van der Waals surface area contributed by atoms with E-state index in [0.29, 0.717) is 10.7 Å². The standard InChI is InChI=1S/C15H10ClFN2O2/c16-12-3-1-2-4-14(12)19-15(20)9-21-11-6-5-10(8-18)13(17)7-11/h1-7H,9H2,(H,19,20). The lowest BCUT2D eigenvalue weighted by atomic mass is 10.2. The van der Waals surface area contributed by atoms with E-state index >= 15 is 0 Å². The van der Waals surface area contributed by atoms with Crippen molar-refractivity contribution in [2.24, 2.45) is 0 Å². The number of hydrogen-bond donors (Lipinski definition) is 1. The van der Waals surface area contributed by atoms with Crippen LogP contribution in [0.5, 0.6) is 5.75 Å². The molecule has 106 valence electrons. The third kappa shape index (κ3) is 3.94. The second kappa shape index (κ2) is 6.73. The number of nitrogens with one attached hydrogen (secondary N) is 1. The lowest BCUT2D eigenvalue weighted by Crippen LogP contribution is -2.20. The Morgan fingerprint density at radius 1 is 1.33 bits per heavy atom. The van der Waals surface area contributed by atoms with Crippen molar-refractivity contribution in [3.63, 3.8) is 0 Å². The summed E-state index contributed by atoms with van der Waals surface area (Å²) in [6.07, 6.45) is 0. The number of benzene rings is 2. The molecule has 0 atom stereocenters. The third-order valence-electron chi connectivity index (χ3n) is 2.58. The fourth-order valence-electron chi connectivity index (χ4n) is 1.57. The maximum atomic E-state index is 13.4. The maximum absolute atomic E-state index is 13.4. The summed E-state index contributed by atoms with van der Waals surface area (Å²) in [5.41, 5.74) is 0.390. The molecule has 1 amide bonds. The Balaban J connectivity index is 1.94. The zero-order valence-corrected chi connectivity index (χ0v) is 11.5. The van der Waals surface area contributed by atoms with Crippen LogP contribution in [0.4, 0.5) is 10.1 Å². The van der Waals surface area contributed by atoms with E-state index in [-0.39, 0.29) is 17.9 Å². The Hall–Kier alpha value is -2.58. The summed E-state index contributed by atoms with van der Waals surface area (Å²) in [5.74, 6) is -0.949. The summed E-state index contributed by atoms with van der Waals surface area (Å²) < 4.78 is 18.5. The number of halogens is 2. The van der Waals surface area contributed by atoms with Gasteiger partial charge in [0.2, 0.25) is 0 Å². The molecule has 0 saturated heterocycles. The molecule has 0 unspecified atom stereocenters. The van der Waals surface area contributed by atoms with Crippen LogP contribution >= 0.6 is 11.6 Å². The topological polar surface area (TPSA) is 62.1 Å². The second-order valence-corrected chi connectivity index (χ2v) is 4.48. The average Bonchev–Trinajstić information content (AvgIpc) is 2.48. The second-order valence-electron chi connectivity index (χ2n) is 4.07. The lowest BCUT2D eigenvalue weighted by molar-refractivity contribution is -0.118. The molecule has 0 aromatic heterocycles. The first kappa shape index (κ1) is 14.8. The summed E-state index contributed by atoms with van der Waals surface area (Å²) in [6, 6.07) is 12.2. The van der Waals surface area contributed by atoms with E-state index in [1.54, 1.807) is 30.3 Å². The predicted octanol–water partition coefficient (Wildman–Crippen LogP) is 3.37. The third-order valence-corrected chi connectivity index (χ3v) is 2.91. The van der Waals surface area contributed by atoms with Gasteiger partial charge in [-0.25, -0.2) is 4.39 Å². The molecule has 0 aliphatic carbocycles. The summed E-state index contributed by atoms with van der Waals surface area (Å²) in [6.45, 7) is -0.295. The van der Waals surface area contributed by atoms with Crippen LogP contribution in [-0.4, -0.2) is 12.5 Å². The van der Waals surface area contributed by atoms with E-state index in [1.807, 2.05) is 0 Å². The van der Waals surface area contributed by atoms with Crippen LogP contribution in [0.15, 0.2) is 42.5 Å². The van der Waals surface area contributed by atoms with E-state index in [2.05, 4.69) is 5.32 Å². The molecule has 0 spiro atoms. The van der Waals surface area contributed by atoms with Crippen LogP contribution in [0.2, 0.25) is 5.02 Å². The molecule has 6 heteroatoms. The van der Waals surface area contributed by atoms with Crippen molar-refractivity contribution >= 4 is 23.2 Å². The quantitative estimate of drug-likeness (QED) is 0.942. The predicted molar refractivity (Wildman–Crippen MR) is 76.7 cm³/mol. The van der Waals surface area contributed by atoms with E-state index in [9.17, 15) is 9.18 Å². The molecule has 2 rings (SSSR count). The molecule has 21 heavy (non-hydrogen) atoms. The molecule has 0 aliphatic heterocycles. The van der Waals surface area contributed by atoms with Crippen molar-refractivity contribution in [3.05, 3.63) is 58.9 Å². The molecular weight excluding hydrogens is 295 g/mol. The van der Waals surface area contributed by atoms with Gasteiger partial charge in [-0.3, -0.25) is 4.79 Å². The zero-order chi connectivity index (χ0) is 15.2. The molecular formula is C15H10ClFN2O2. The van der Waals surface area contributed by atoms with Gasteiger partial charge in [0.1, 0.15) is 17.6 Å². The van der Waals surface area contributed by atoms with Crippen LogP contribution in [0.3, 0.4) is 0 Å². The largest absolute Gasteiger partial charge is 0.484 e. The Kier molecular flexibility index (Phi) is 4.75. The van der Waals surface area contributed by atoms with Gasteiger partial charge in [0.15, 0.2) is 6.61 Å². The molecule has 0 radical (unpaired) electrons. The van der Waals surface area contributed by atoms with E-state index < -0.39 is 11.7 Å². The number of ether oxygens (including phenoxy) is 1. The highest BCUT2D eigenvalue weighted by Crippen LogP contribution is 2.20. The first-order valence-corrected chi connectivity index (χ1v) is 6.35. The minimum atomic E-state index is -0.693. The number of hydrogen-bond acceptors (Lipinski definition) is 3. The van der Waals surface area contributed by atoms with Crippen molar-refractivity contribution in [2.75, 3.05) is 11.9 Å². The molecule has 0 bridgehead atoms. The first-order valence-electron chi connectivity index (χ1n) is 5.97. The van der Waals surface area contributed by atoms with Gasteiger partial charge in [-0.1, -0.05) is 23.7 Å². The van der Waals surface area contributed by atoms with Crippen molar-refractivity contribution in [2.45, 2.75) is 0 Å². The fourth-order valence-corrected chi connectivity index (χ4v) is 1.76. The van der Waals surface area contributed by atoms with Gasteiger partial charge < -0.3 is 10.1 Å². The van der Waals surface area contributed by atoms with Crippen LogP contribution < -0.4 is 10.1 Å². The number of anilines is 1. The SMILES string of the molecule is N#Cc1ccc(OCC(=O)Nc2ccccc2Cl)cc1F. The number of nitrogens with zero attached hydrogens (tertiary/aromatic N) is 1. The summed E-state index contributed by atoms with van der Waals surface area (Å²) in [5, 5.41) is 11.6. The number of para-hydroxylation sites is 1. The van der Waals surface area contributed by atoms with Crippen LogP contribution in [0, 0.1) is 17.1 Å². The number of nitriles is 1. The summed E-state index contributed by atoms with van der Waals surface area (Å²) in [7, 11) is 0. The molecule has 0 aliphatic rings. The Bertz CT molecular complexity index is 713. The van der Waals surface area contributed by atoms with Crippen LogP contribution in [-0.2, 0) is 4.79 Å². The summed E-state index contributed by atoms with van der Waals surface area (Å²) in [4.78, 5) is 11.7. The normalized spacial score (nSPS) is 9.76. The van der Waals surface area contributed by atoms with E-state index in [1.165, 1.54) is 12.1 Å². The smallest absolute Gasteiger partial charge is 0.262 e. The van der Waals surface area contributed by atoms with Gasteiger partial charge in [0, 0.05) is 6.07 Å².